The number of nitrogens with zero attached hydrogens (tertiary/aromatic N) is 2. The minimum absolute atomic E-state index is 0.679. The summed E-state index contributed by atoms with van der Waals surface area (Å²) in [6.45, 7) is 8.92. The van der Waals surface area contributed by atoms with Crippen molar-refractivity contribution in [2.24, 2.45) is 4.99 Å². The molecule has 5 nitrogen and oxygen atoms in total. The maximum absolute atomic E-state index is 5.67. The molecular weight excluding hydrogens is 300 g/mol. The van der Waals surface area contributed by atoms with Crippen molar-refractivity contribution in [3.63, 3.8) is 0 Å². The lowest BCUT2D eigenvalue weighted by molar-refractivity contribution is 0.163. The van der Waals surface area contributed by atoms with Crippen molar-refractivity contribution >= 4 is 5.96 Å². The third kappa shape index (κ3) is 5.71. The van der Waals surface area contributed by atoms with E-state index in [0.29, 0.717) is 19.2 Å². The Hall–Kier alpha value is -1.75. The molecule has 0 aliphatic carbocycles. The largest absolute Gasteiger partial charge is 0.494 e. The minimum atomic E-state index is 0.679. The molecule has 2 N–H and O–H groups in total. The minimum Gasteiger partial charge on any atom is -0.494 e. The van der Waals surface area contributed by atoms with Gasteiger partial charge in [-0.2, -0.15) is 0 Å². The van der Waals surface area contributed by atoms with Gasteiger partial charge in [-0.25, -0.2) is 0 Å². The summed E-state index contributed by atoms with van der Waals surface area (Å²) in [4.78, 5) is 6.88. The molecule has 0 amide bonds. The highest BCUT2D eigenvalue weighted by molar-refractivity contribution is 5.79. The molecule has 1 unspecified atom stereocenters. The summed E-state index contributed by atoms with van der Waals surface area (Å²) in [7, 11) is 1.81. The second kappa shape index (κ2) is 10.2. The first kappa shape index (κ1) is 18.6. The van der Waals surface area contributed by atoms with Crippen molar-refractivity contribution in [1.82, 2.24) is 15.5 Å². The van der Waals surface area contributed by atoms with Crippen LogP contribution in [0, 0.1) is 0 Å². The standard InChI is InChI=1S/C19H32N4O/c1-4-24-18-11-6-5-10-17(18)15-22-19(20-3)21-12-14-23-13-8-7-9-16(23)2/h5-6,10-11,16H,4,7-9,12-15H2,1-3H3,(H2,20,21,22). The number of nitrogens with one attached hydrogen (secondary N) is 2. The van der Waals surface area contributed by atoms with E-state index in [0.717, 1.165) is 30.4 Å². The maximum Gasteiger partial charge on any atom is 0.191 e. The van der Waals surface area contributed by atoms with Gasteiger partial charge >= 0.3 is 0 Å². The lowest BCUT2D eigenvalue weighted by Crippen LogP contribution is -2.45. The van der Waals surface area contributed by atoms with Gasteiger partial charge in [0, 0.05) is 38.3 Å². The van der Waals surface area contributed by atoms with Crippen molar-refractivity contribution in [3.8, 4) is 5.75 Å². The van der Waals surface area contributed by atoms with Crippen LogP contribution in [0.3, 0.4) is 0 Å². The Balaban J connectivity index is 1.76. The highest BCUT2D eigenvalue weighted by atomic mass is 16.5. The van der Waals surface area contributed by atoms with Crippen LogP contribution < -0.4 is 15.4 Å². The summed E-state index contributed by atoms with van der Waals surface area (Å²) in [5.41, 5.74) is 1.15. The van der Waals surface area contributed by atoms with Crippen LogP contribution in [-0.4, -0.2) is 50.2 Å². The van der Waals surface area contributed by atoms with Crippen molar-refractivity contribution in [1.29, 1.82) is 0 Å². The number of aliphatic imine (C=N–C) groups is 1. The molecular formula is C19H32N4O. The van der Waals surface area contributed by atoms with E-state index in [1.165, 1.54) is 25.8 Å². The first-order valence-corrected chi connectivity index (χ1v) is 9.13. The van der Waals surface area contributed by atoms with Crippen molar-refractivity contribution in [2.75, 3.05) is 33.3 Å². The molecule has 1 aromatic carbocycles. The Morgan fingerprint density at radius 3 is 2.88 bits per heavy atom. The third-order valence-corrected chi connectivity index (χ3v) is 4.57. The second-order valence-electron chi connectivity index (χ2n) is 6.27. The van der Waals surface area contributed by atoms with Gasteiger partial charge in [-0.1, -0.05) is 24.6 Å². The molecule has 1 aromatic rings. The van der Waals surface area contributed by atoms with E-state index in [1.807, 2.05) is 32.2 Å². The summed E-state index contributed by atoms with van der Waals surface area (Å²) < 4.78 is 5.67. The zero-order valence-electron chi connectivity index (χ0n) is 15.3. The van der Waals surface area contributed by atoms with Crippen LogP contribution in [0.25, 0.3) is 0 Å². The summed E-state index contributed by atoms with van der Waals surface area (Å²) in [5, 5.41) is 6.79. The second-order valence-corrected chi connectivity index (χ2v) is 6.27. The van der Waals surface area contributed by atoms with Gasteiger partial charge in [0.1, 0.15) is 5.75 Å². The average Bonchev–Trinajstić information content (AvgIpc) is 2.61. The van der Waals surface area contributed by atoms with Crippen molar-refractivity contribution in [3.05, 3.63) is 29.8 Å². The van der Waals surface area contributed by atoms with Crippen LogP contribution in [0.4, 0.5) is 0 Å². The zero-order valence-corrected chi connectivity index (χ0v) is 15.3. The van der Waals surface area contributed by atoms with Crippen molar-refractivity contribution in [2.45, 2.75) is 45.7 Å². The van der Waals surface area contributed by atoms with Crippen LogP contribution in [0.15, 0.2) is 29.3 Å². The molecule has 24 heavy (non-hydrogen) atoms. The number of hydrogen-bond donors (Lipinski definition) is 2. The van der Waals surface area contributed by atoms with Gasteiger partial charge in [-0.05, 0) is 39.3 Å². The first-order chi connectivity index (χ1) is 11.7. The molecule has 1 aliphatic heterocycles. The summed E-state index contributed by atoms with van der Waals surface area (Å²) in [6.07, 6.45) is 4.01. The Bertz CT molecular complexity index is 518. The highest BCUT2D eigenvalue weighted by Crippen LogP contribution is 2.17. The Labute approximate surface area is 146 Å². The number of ether oxygens (including phenoxy) is 1. The van der Waals surface area contributed by atoms with Gasteiger partial charge in [-0.15, -0.1) is 0 Å². The number of guanidine groups is 1. The van der Waals surface area contributed by atoms with Crippen LogP contribution in [0.2, 0.25) is 0 Å². The van der Waals surface area contributed by atoms with E-state index < -0.39 is 0 Å². The predicted octanol–water partition coefficient (Wildman–Crippen LogP) is 2.62. The summed E-state index contributed by atoms with van der Waals surface area (Å²) in [5.74, 6) is 1.77. The van der Waals surface area contributed by atoms with Crippen LogP contribution in [0.1, 0.15) is 38.7 Å². The van der Waals surface area contributed by atoms with Gasteiger partial charge in [0.25, 0.3) is 0 Å². The molecule has 0 aromatic heterocycles. The number of piperidine rings is 1. The van der Waals surface area contributed by atoms with E-state index >= 15 is 0 Å². The number of para-hydroxylation sites is 1. The Morgan fingerprint density at radius 2 is 2.12 bits per heavy atom. The Kier molecular flexibility index (Phi) is 7.89. The van der Waals surface area contributed by atoms with Crippen LogP contribution in [-0.2, 0) is 6.54 Å². The quantitative estimate of drug-likeness (QED) is 0.595. The normalized spacial score (nSPS) is 19.1. The molecule has 0 radical (unpaired) electrons. The molecule has 1 saturated heterocycles. The number of likely N-dealkylation sites (tertiary alicyclic amines) is 1. The molecule has 134 valence electrons. The van der Waals surface area contributed by atoms with Gasteiger partial charge in [0.2, 0.25) is 0 Å². The SMILES string of the molecule is CCOc1ccccc1CNC(=NC)NCCN1CCCCC1C. The summed E-state index contributed by atoms with van der Waals surface area (Å²) in [6, 6.07) is 8.83. The molecule has 0 saturated carbocycles. The molecule has 5 heteroatoms. The molecule has 1 fully saturated rings. The van der Waals surface area contributed by atoms with Gasteiger partial charge < -0.3 is 15.4 Å². The fourth-order valence-electron chi connectivity index (χ4n) is 3.15. The lowest BCUT2D eigenvalue weighted by atomic mass is 10.0. The van der Waals surface area contributed by atoms with Gasteiger partial charge in [-0.3, -0.25) is 9.89 Å². The molecule has 0 spiro atoms. The zero-order chi connectivity index (χ0) is 17.2. The van der Waals surface area contributed by atoms with Crippen LogP contribution >= 0.6 is 0 Å². The lowest BCUT2D eigenvalue weighted by Gasteiger charge is -2.33. The van der Waals surface area contributed by atoms with E-state index in [9.17, 15) is 0 Å². The van der Waals surface area contributed by atoms with Gasteiger partial charge in [0.05, 0.1) is 6.61 Å². The molecule has 2 rings (SSSR count). The smallest absolute Gasteiger partial charge is 0.191 e. The van der Waals surface area contributed by atoms with E-state index in [2.05, 4.69) is 33.5 Å². The maximum atomic E-state index is 5.67. The van der Waals surface area contributed by atoms with Crippen molar-refractivity contribution < 1.29 is 4.74 Å². The monoisotopic (exact) mass is 332 g/mol. The van der Waals surface area contributed by atoms with E-state index in [-0.39, 0.29) is 0 Å². The average molecular weight is 332 g/mol. The first-order valence-electron chi connectivity index (χ1n) is 9.13. The number of rotatable bonds is 7. The summed E-state index contributed by atoms with van der Waals surface area (Å²) >= 11 is 0. The highest BCUT2D eigenvalue weighted by Gasteiger charge is 2.17. The molecule has 1 atom stereocenters. The van der Waals surface area contributed by atoms with E-state index in [4.69, 9.17) is 4.74 Å². The van der Waals surface area contributed by atoms with Gasteiger partial charge in [0.15, 0.2) is 5.96 Å². The fourth-order valence-corrected chi connectivity index (χ4v) is 3.15. The molecule has 1 aliphatic rings. The fraction of sp³-hybridized carbons (Fsp3) is 0.632. The third-order valence-electron chi connectivity index (χ3n) is 4.57. The Morgan fingerprint density at radius 1 is 1.29 bits per heavy atom. The number of benzene rings is 1. The predicted molar refractivity (Wildman–Crippen MR) is 101 cm³/mol. The van der Waals surface area contributed by atoms with Crippen LogP contribution in [0.5, 0.6) is 5.75 Å². The molecule has 1 heterocycles. The topological polar surface area (TPSA) is 48.9 Å². The number of hydrogen-bond acceptors (Lipinski definition) is 3. The molecule has 0 bridgehead atoms. The van der Waals surface area contributed by atoms with E-state index in [1.54, 1.807) is 0 Å².